The van der Waals surface area contributed by atoms with Crippen LogP contribution in [0.5, 0.6) is 11.5 Å². The number of benzene rings is 1. The molecule has 0 spiro atoms. The molecule has 0 atom stereocenters. The molecule has 4 heteroatoms. The lowest BCUT2D eigenvalue weighted by Crippen LogP contribution is -2.20. The van der Waals surface area contributed by atoms with Crippen LogP contribution < -0.4 is 0 Å². The molecule has 1 aliphatic carbocycles. The van der Waals surface area contributed by atoms with Gasteiger partial charge in [0.15, 0.2) is 11.6 Å². The number of ketones is 2. The number of rotatable bonds is 0. The Hall–Kier alpha value is -1.84. The second-order valence-electron chi connectivity index (χ2n) is 5.64. The monoisotopic (exact) mass is 248 g/mol. The summed E-state index contributed by atoms with van der Waals surface area (Å²) in [7, 11) is 0. The van der Waals surface area contributed by atoms with Crippen molar-refractivity contribution in [3.8, 4) is 11.5 Å². The van der Waals surface area contributed by atoms with Gasteiger partial charge in [0.1, 0.15) is 11.5 Å². The summed E-state index contributed by atoms with van der Waals surface area (Å²) in [6, 6.07) is 1.38. The van der Waals surface area contributed by atoms with E-state index in [-0.39, 0.29) is 47.0 Å². The maximum atomic E-state index is 11.9. The first-order chi connectivity index (χ1) is 8.23. The molecule has 0 aromatic heterocycles. The van der Waals surface area contributed by atoms with E-state index >= 15 is 0 Å². The Bertz CT molecular complexity index is 550. The SMILES string of the molecule is CC(C)(C)c1cc(O)c2c(c1O)C(=O)CCC2=O. The zero-order valence-electron chi connectivity index (χ0n) is 10.7. The Morgan fingerprint density at radius 2 is 1.50 bits per heavy atom. The fourth-order valence-electron chi connectivity index (χ4n) is 2.26. The molecule has 0 saturated carbocycles. The van der Waals surface area contributed by atoms with Crippen molar-refractivity contribution in [1.82, 2.24) is 0 Å². The van der Waals surface area contributed by atoms with Gasteiger partial charge in [0.2, 0.25) is 0 Å². The van der Waals surface area contributed by atoms with Crippen LogP contribution in [-0.4, -0.2) is 21.8 Å². The Morgan fingerprint density at radius 3 is 2.00 bits per heavy atom. The molecule has 0 saturated heterocycles. The van der Waals surface area contributed by atoms with Crippen molar-refractivity contribution < 1.29 is 19.8 Å². The van der Waals surface area contributed by atoms with Gasteiger partial charge in [-0.15, -0.1) is 0 Å². The highest BCUT2D eigenvalue weighted by Gasteiger charge is 2.33. The third-order valence-electron chi connectivity index (χ3n) is 3.22. The minimum atomic E-state index is -0.419. The van der Waals surface area contributed by atoms with Crippen LogP contribution in [0.2, 0.25) is 0 Å². The Kier molecular flexibility index (Phi) is 2.69. The number of aromatic hydroxyl groups is 2. The minimum Gasteiger partial charge on any atom is -0.507 e. The van der Waals surface area contributed by atoms with Crippen LogP contribution in [0, 0.1) is 0 Å². The third kappa shape index (κ3) is 1.78. The summed E-state index contributed by atoms with van der Waals surface area (Å²) in [4.78, 5) is 23.6. The molecule has 0 amide bonds. The van der Waals surface area contributed by atoms with E-state index in [2.05, 4.69) is 0 Å². The van der Waals surface area contributed by atoms with Crippen LogP contribution in [0.4, 0.5) is 0 Å². The lowest BCUT2D eigenvalue weighted by Gasteiger charge is -2.25. The van der Waals surface area contributed by atoms with Gasteiger partial charge in [-0.1, -0.05) is 20.8 Å². The zero-order chi connectivity index (χ0) is 13.7. The second-order valence-corrected chi connectivity index (χ2v) is 5.64. The summed E-state index contributed by atoms with van der Waals surface area (Å²) in [6.07, 6.45) is 0.181. The smallest absolute Gasteiger partial charge is 0.167 e. The van der Waals surface area contributed by atoms with Crippen molar-refractivity contribution >= 4 is 11.6 Å². The first kappa shape index (κ1) is 12.6. The Morgan fingerprint density at radius 1 is 1.00 bits per heavy atom. The number of hydrogen-bond donors (Lipinski definition) is 2. The molecule has 0 radical (unpaired) electrons. The van der Waals surface area contributed by atoms with E-state index in [1.807, 2.05) is 20.8 Å². The summed E-state index contributed by atoms with van der Waals surface area (Å²) in [6.45, 7) is 5.59. The maximum absolute atomic E-state index is 11.9. The average Bonchev–Trinajstić information content (AvgIpc) is 2.25. The highest BCUT2D eigenvalue weighted by molar-refractivity contribution is 6.16. The number of phenolic OH excluding ortho intramolecular Hbond substituents is 2. The number of phenols is 2. The number of carbonyl (C=O) groups is 2. The van der Waals surface area contributed by atoms with Crippen molar-refractivity contribution in [2.75, 3.05) is 0 Å². The van der Waals surface area contributed by atoms with Crippen molar-refractivity contribution in [3.63, 3.8) is 0 Å². The van der Waals surface area contributed by atoms with Gasteiger partial charge in [-0.05, 0) is 11.5 Å². The molecule has 4 nitrogen and oxygen atoms in total. The second kappa shape index (κ2) is 3.83. The topological polar surface area (TPSA) is 74.6 Å². The first-order valence-corrected chi connectivity index (χ1v) is 5.89. The number of fused-ring (bicyclic) bond motifs is 1. The summed E-state index contributed by atoms with van der Waals surface area (Å²) < 4.78 is 0. The van der Waals surface area contributed by atoms with Crippen LogP contribution >= 0.6 is 0 Å². The molecule has 1 aromatic carbocycles. The molecule has 2 rings (SSSR count). The Labute approximate surface area is 105 Å². The van der Waals surface area contributed by atoms with Gasteiger partial charge in [0.25, 0.3) is 0 Å². The van der Waals surface area contributed by atoms with Gasteiger partial charge >= 0.3 is 0 Å². The molecular weight excluding hydrogens is 232 g/mol. The predicted molar refractivity (Wildman–Crippen MR) is 66.4 cm³/mol. The van der Waals surface area contributed by atoms with Crippen molar-refractivity contribution in [3.05, 3.63) is 22.8 Å². The summed E-state index contributed by atoms with van der Waals surface area (Å²) in [5, 5.41) is 20.1. The predicted octanol–water partition coefficient (Wildman–Crippen LogP) is 2.55. The molecule has 0 aliphatic heterocycles. The molecule has 18 heavy (non-hydrogen) atoms. The van der Waals surface area contributed by atoms with E-state index < -0.39 is 5.41 Å². The number of Topliss-reactive ketones (excluding diaryl/α,β-unsaturated/α-hetero) is 2. The zero-order valence-corrected chi connectivity index (χ0v) is 10.7. The van der Waals surface area contributed by atoms with Crippen LogP contribution in [0.3, 0.4) is 0 Å². The lowest BCUT2D eigenvalue weighted by molar-refractivity contribution is 0.0884. The number of carbonyl (C=O) groups excluding carboxylic acids is 2. The highest BCUT2D eigenvalue weighted by Crippen LogP contribution is 2.42. The van der Waals surface area contributed by atoms with E-state index in [9.17, 15) is 19.8 Å². The molecule has 0 fully saturated rings. The first-order valence-electron chi connectivity index (χ1n) is 5.89. The average molecular weight is 248 g/mol. The molecule has 0 bridgehead atoms. The van der Waals surface area contributed by atoms with Crippen LogP contribution in [0.15, 0.2) is 6.07 Å². The molecule has 96 valence electrons. The van der Waals surface area contributed by atoms with Gasteiger partial charge in [0.05, 0.1) is 11.1 Å². The van der Waals surface area contributed by atoms with E-state index in [0.29, 0.717) is 5.56 Å². The van der Waals surface area contributed by atoms with E-state index in [0.717, 1.165) is 0 Å². The standard InChI is InChI=1S/C14H16O4/c1-14(2,3)7-6-10(17)11-8(15)4-5-9(16)12(11)13(7)18/h6,17-18H,4-5H2,1-3H3. The van der Waals surface area contributed by atoms with E-state index in [4.69, 9.17) is 0 Å². The van der Waals surface area contributed by atoms with Crippen LogP contribution in [-0.2, 0) is 5.41 Å². The largest absolute Gasteiger partial charge is 0.507 e. The maximum Gasteiger partial charge on any atom is 0.167 e. The van der Waals surface area contributed by atoms with E-state index in [1.165, 1.54) is 6.07 Å². The molecule has 2 N–H and O–H groups in total. The highest BCUT2D eigenvalue weighted by atomic mass is 16.3. The van der Waals surface area contributed by atoms with Crippen molar-refractivity contribution in [2.45, 2.75) is 39.0 Å². The molecule has 1 aromatic rings. The molecule has 0 unspecified atom stereocenters. The van der Waals surface area contributed by atoms with Gasteiger partial charge < -0.3 is 10.2 Å². The van der Waals surface area contributed by atoms with E-state index in [1.54, 1.807) is 0 Å². The Balaban J connectivity index is 2.81. The minimum absolute atomic E-state index is 0.0174. The summed E-state index contributed by atoms with van der Waals surface area (Å²) in [5.74, 6) is -0.972. The fourth-order valence-corrected chi connectivity index (χ4v) is 2.26. The fraction of sp³-hybridized carbons (Fsp3) is 0.429. The van der Waals surface area contributed by atoms with Crippen LogP contribution in [0.25, 0.3) is 0 Å². The molecular formula is C14H16O4. The molecule has 0 heterocycles. The van der Waals surface area contributed by atoms with Crippen molar-refractivity contribution in [2.24, 2.45) is 0 Å². The number of hydrogen-bond acceptors (Lipinski definition) is 4. The quantitative estimate of drug-likeness (QED) is 0.692. The van der Waals surface area contributed by atoms with Gasteiger partial charge in [-0.2, -0.15) is 0 Å². The van der Waals surface area contributed by atoms with Crippen LogP contribution in [0.1, 0.15) is 59.9 Å². The lowest BCUT2D eigenvalue weighted by atomic mass is 9.80. The van der Waals surface area contributed by atoms with Gasteiger partial charge in [-0.25, -0.2) is 0 Å². The van der Waals surface area contributed by atoms with Gasteiger partial charge in [-0.3, -0.25) is 9.59 Å². The van der Waals surface area contributed by atoms with Crippen molar-refractivity contribution in [1.29, 1.82) is 0 Å². The normalized spacial score (nSPS) is 15.7. The third-order valence-corrected chi connectivity index (χ3v) is 3.22. The summed E-state index contributed by atoms with van der Waals surface area (Å²) in [5.41, 5.74) is 0.00639. The van der Waals surface area contributed by atoms with Gasteiger partial charge in [0, 0.05) is 18.4 Å². The summed E-state index contributed by atoms with van der Waals surface area (Å²) >= 11 is 0. The molecule has 1 aliphatic rings.